The summed E-state index contributed by atoms with van der Waals surface area (Å²) < 4.78 is 10.9. The molecule has 0 N–H and O–H groups in total. The Morgan fingerprint density at radius 3 is 2.77 bits per heavy atom. The molecular weight excluding hydrogens is 278 g/mol. The molecule has 4 heteroatoms. The zero-order valence-electron chi connectivity index (χ0n) is 13.1. The topological polar surface area (TPSA) is 38.8 Å². The van der Waals surface area contributed by atoms with Crippen LogP contribution in [-0.4, -0.2) is 43.2 Å². The smallest absolute Gasteiger partial charge is 0.337 e. The van der Waals surface area contributed by atoms with Gasteiger partial charge in [0.05, 0.1) is 6.61 Å². The van der Waals surface area contributed by atoms with Crippen molar-refractivity contribution in [3.63, 3.8) is 0 Å². The summed E-state index contributed by atoms with van der Waals surface area (Å²) in [4.78, 5) is 14.4. The fraction of sp³-hybridized carbons (Fsp3) is 0.611. The summed E-state index contributed by atoms with van der Waals surface area (Å²) in [5, 5.41) is 0. The van der Waals surface area contributed by atoms with E-state index in [2.05, 4.69) is 4.90 Å². The zero-order valence-corrected chi connectivity index (χ0v) is 13.1. The SMILES string of the molecule is O=C(COC[C@@H]1CCCN2CCCC[C@H]12)Oc1ccccc1. The minimum atomic E-state index is -0.317. The number of hydrogen-bond donors (Lipinski definition) is 0. The summed E-state index contributed by atoms with van der Waals surface area (Å²) >= 11 is 0. The fourth-order valence-electron chi connectivity index (χ4n) is 3.71. The molecule has 0 aromatic heterocycles. The Morgan fingerprint density at radius 2 is 1.91 bits per heavy atom. The highest BCUT2D eigenvalue weighted by molar-refractivity contribution is 5.73. The quantitative estimate of drug-likeness (QED) is 0.619. The van der Waals surface area contributed by atoms with Crippen LogP contribution >= 0.6 is 0 Å². The second kappa shape index (κ2) is 7.75. The van der Waals surface area contributed by atoms with E-state index in [1.165, 1.54) is 45.2 Å². The van der Waals surface area contributed by atoms with Crippen molar-refractivity contribution in [1.29, 1.82) is 0 Å². The van der Waals surface area contributed by atoms with Gasteiger partial charge in [-0.25, -0.2) is 4.79 Å². The number of piperidine rings is 2. The van der Waals surface area contributed by atoms with Crippen molar-refractivity contribution in [3.8, 4) is 5.75 Å². The van der Waals surface area contributed by atoms with Crippen molar-refractivity contribution < 1.29 is 14.3 Å². The van der Waals surface area contributed by atoms with Crippen LogP contribution in [0.5, 0.6) is 5.75 Å². The summed E-state index contributed by atoms with van der Waals surface area (Å²) in [5.41, 5.74) is 0. The summed E-state index contributed by atoms with van der Waals surface area (Å²) in [6.45, 7) is 3.18. The highest BCUT2D eigenvalue weighted by atomic mass is 16.6. The van der Waals surface area contributed by atoms with Crippen LogP contribution < -0.4 is 4.74 Å². The van der Waals surface area contributed by atoms with E-state index in [0.29, 0.717) is 24.3 Å². The number of hydrogen-bond acceptors (Lipinski definition) is 4. The molecule has 0 spiro atoms. The van der Waals surface area contributed by atoms with Crippen LogP contribution in [-0.2, 0) is 9.53 Å². The molecule has 2 aliphatic heterocycles. The Balaban J connectivity index is 1.41. The molecule has 2 fully saturated rings. The van der Waals surface area contributed by atoms with Crippen LogP contribution in [0.3, 0.4) is 0 Å². The molecule has 0 amide bonds. The molecule has 2 heterocycles. The molecular formula is C18H25NO3. The van der Waals surface area contributed by atoms with Crippen LogP contribution in [0, 0.1) is 5.92 Å². The molecule has 0 aliphatic carbocycles. The van der Waals surface area contributed by atoms with Crippen LogP contribution in [0.1, 0.15) is 32.1 Å². The highest BCUT2D eigenvalue weighted by Gasteiger charge is 2.32. The Labute approximate surface area is 132 Å². The molecule has 120 valence electrons. The largest absolute Gasteiger partial charge is 0.425 e. The number of carbonyl (C=O) groups excluding carboxylic acids is 1. The zero-order chi connectivity index (χ0) is 15.2. The Bertz CT molecular complexity index is 474. The minimum absolute atomic E-state index is 0.0398. The average molecular weight is 303 g/mol. The number of ether oxygens (including phenoxy) is 2. The number of benzene rings is 1. The van der Waals surface area contributed by atoms with E-state index >= 15 is 0 Å². The van der Waals surface area contributed by atoms with Gasteiger partial charge >= 0.3 is 5.97 Å². The summed E-state index contributed by atoms with van der Waals surface area (Å²) in [7, 11) is 0. The van der Waals surface area contributed by atoms with Crippen molar-refractivity contribution in [2.24, 2.45) is 5.92 Å². The maximum absolute atomic E-state index is 11.8. The molecule has 0 radical (unpaired) electrons. The number of nitrogens with zero attached hydrogens (tertiary/aromatic N) is 1. The molecule has 4 nitrogen and oxygen atoms in total. The van der Waals surface area contributed by atoms with E-state index < -0.39 is 0 Å². The maximum Gasteiger partial charge on any atom is 0.337 e. The van der Waals surface area contributed by atoms with Crippen molar-refractivity contribution in [3.05, 3.63) is 30.3 Å². The van der Waals surface area contributed by atoms with Gasteiger partial charge in [0, 0.05) is 6.04 Å². The third-order valence-electron chi connectivity index (χ3n) is 4.76. The number of esters is 1. The Hall–Kier alpha value is -1.39. The molecule has 0 unspecified atom stereocenters. The molecule has 2 atom stereocenters. The molecule has 1 aromatic rings. The predicted octanol–water partition coefficient (Wildman–Crippen LogP) is 2.87. The molecule has 2 saturated heterocycles. The lowest BCUT2D eigenvalue weighted by atomic mass is 9.84. The van der Waals surface area contributed by atoms with Gasteiger partial charge in [0.1, 0.15) is 12.4 Å². The first-order chi connectivity index (χ1) is 10.8. The Kier molecular flexibility index (Phi) is 5.46. The van der Waals surface area contributed by atoms with E-state index in [4.69, 9.17) is 9.47 Å². The number of carbonyl (C=O) groups is 1. The summed E-state index contributed by atoms with van der Waals surface area (Å²) in [6.07, 6.45) is 6.40. The second-order valence-electron chi connectivity index (χ2n) is 6.30. The molecule has 0 bridgehead atoms. The van der Waals surface area contributed by atoms with Crippen molar-refractivity contribution in [2.75, 3.05) is 26.3 Å². The van der Waals surface area contributed by atoms with Gasteiger partial charge in [-0.2, -0.15) is 0 Å². The van der Waals surface area contributed by atoms with E-state index in [9.17, 15) is 4.79 Å². The van der Waals surface area contributed by atoms with E-state index in [-0.39, 0.29) is 12.6 Å². The van der Waals surface area contributed by atoms with Gasteiger partial charge in [-0.05, 0) is 56.8 Å². The van der Waals surface area contributed by atoms with Gasteiger partial charge < -0.3 is 14.4 Å². The van der Waals surface area contributed by atoms with Gasteiger partial charge in [0.15, 0.2) is 0 Å². The normalized spacial score (nSPS) is 25.5. The first-order valence-corrected chi connectivity index (χ1v) is 8.40. The van der Waals surface area contributed by atoms with Gasteiger partial charge in [-0.1, -0.05) is 24.6 Å². The third-order valence-corrected chi connectivity index (χ3v) is 4.76. The van der Waals surface area contributed by atoms with Gasteiger partial charge in [-0.15, -0.1) is 0 Å². The van der Waals surface area contributed by atoms with Crippen LogP contribution in [0.2, 0.25) is 0 Å². The second-order valence-corrected chi connectivity index (χ2v) is 6.30. The first kappa shape index (κ1) is 15.5. The highest BCUT2D eigenvalue weighted by Crippen LogP contribution is 2.30. The number of para-hydroxylation sites is 1. The van der Waals surface area contributed by atoms with E-state index in [0.717, 1.165) is 0 Å². The summed E-state index contributed by atoms with van der Waals surface area (Å²) in [5.74, 6) is 0.827. The van der Waals surface area contributed by atoms with Crippen LogP contribution in [0.15, 0.2) is 30.3 Å². The monoisotopic (exact) mass is 303 g/mol. The number of rotatable bonds is 5. The standard InChI is InChI=1S/C18H25NO3/c20-18(22-16-8-2-1-3-9-16)14-21-13-15-7-6-12-19-11-5-4-10-17(15)19/h1-3,8-9,15,17H,4-7,10-14H2/t15-,17+/m0/s1. The molecule has 1 aromatic carbocycles. The van der Waals surface area contributed by atoms with Crippen LogP contribution in [0.4, 0.5) is 0 Å². The van der Waals surface area contributed by atoms with Gasteiger partial charge in [0.2, 0.25) is 0 Å². The third kappa shape index (κ3) is 4.08. The molecule has 3 rings (SSSR count). The Morgan fingerprint density at radius 1 is 1.09 bits per heavy atom. The average Bonchev–Trinajstić information content (AvgIpc) is 2.56. The lowest BCUT2D eigenvalue weighted by Gasteiger charge is -2.44. The van der Waals surface area contributed by atoms with E-state index in [1.807, 2.05) is 18.2 Å². The van der Waals surface area contributed by atoms with Crippen molar-refractivity contribution >= 4 is 5.97 Å². The lowest BCUT2D eigenvalue weighted by Crippen LogP contribution is -2.49. The van der Waals surface area contributed by atoms with Gasteiger partial charge in [-0.3, -0.25) is 0 Å². The van der Waals surface area contributed by atoms with Crippen molar-refractivity contribution in [2.45, 2.75) is 38.1 Å². The van der Waals surface area contributed by atoms with Crippen molar-refractivity contribution in [1.82, 2.24) is 4.90 Å². The fourth-order valence-corrected chi connectivity index (χ4v) is 3.71. The molecule has 22 heavy (non-hydrogen) atoms. The molecule has 0 saturated carbocycles. The number of fused-ring (bicyclic) bond motifs is 1. The maximum atomic E-state index is 11.8. The first-order valence-electron chi connectivity index (χ1n) is 8.40. The van der Waals surface area contributed by atoms with Crippen LogP contribution in [0.25, 0.3) is 0 Å². The van der Waals surface area contributed by atoms with Gasteiger partial charge in [0.25, 0.3) is 0 Å². The minimum Gasteiger partial charge on any atom is -0.425 e. The molecule has 2 aliphatic rings. The summed E-state index contributed by atoms with van der Waals surface area (Å²) in [6, 6.07) is 9.81. The van der Waals surface area contributed by atoms with E-state index in [1.54, 1.807) is 12.1 Å². The predicted molar refractivity (Wildman–Crippen MR) is 84.8 cm³/mol. The lowest BCUT2D eigenvalue weighted by molar-refractivity contribution is -0.140.